The van der Waals surface area contributed by atoms with Crippen LogP contribution in [-0.2, 0) is 18.9 Å². The van der Waals surface area contributed by atoms with E-state index >= 15 is 0 Å². The topological polar surface area (TPSA) is 108 Å². The van der Waals surface area contributed by atoms with Crippen molar-refractivity contribution in [3.05, 3.63) is 108 Å². The summed E-state index contributed by atoms with van der Waals surface area (Å²) in [6.07, 6.45) is -5.22. The zero-order valence-electron chi connectivity index (χ0n) is 18.6. The van der Waals surface area contributed by atoms with Crippen LogP contribution in [0, 0.1) is 44.1 Å². The zero-order chi connectivity index (χ0) is 23.9. The Balaban J connectivity index is 0.00000342. The predicted molar refractivity (Wildman–Crippen MR) is 119 cm³/mol. The van der Waals surface area contributed by atoms with Gasteiger partial charge in [-0.25, -0.2) is 14.4 Å². The van der Waals surface area contributed by atoms with Crippen molar-refractivity contribution in [3.8, 4) is 0 Å². The summed E-state index contributed by atoms with van der Waals surface area (Å²) in [7, 11) is 0. The van der Waals surface area contributed by atoms with E-state index in [0.29, 0.717) is 5.56 Å². The van der Waals surface area contributed by atoms with Crippen LogP contribution in [0.3, 0.4) is 0 Å². The average Bonchev–Trinajstić information content (AvgIpc) is 3.17. The normalized spacial score (nSPS) is 20.8. The largest absolute Gasteiger partial charge is 0.459 e. The van der Waals surface area contributed by atoms with Crippen LogP contribution in [0.2, 0.25) is 0 Å². The summed E-state index contributed by atoms with van der Waals surface area (Å²) in [5.41, 5.74) is 0.838. The number of aliphatic hydroxyl groups excluding tert-OH is 1. The molecule has 1 fully saturated rings. The summed E-state index contributed by atoms with van der Waals surface area (Å²) in [6.45, 7) is -0.336. The molecule has 0 saturated carbocycles. The van der Waals surface area contributed by atoms with Gasteiger partial charge in [0.1, 0.15) is 12.7 Å². The van der Waals surface area contributed by atoms with Crippen molar-refractivity contribution in [3.63, 3.8) is 0 Å². The van der Waals surface area contributed by atoms with Gasteiger partial charge in [0.15, 0.2) is 18.5 Å². The molecule has 1 radical (unpaired) electrons. The van der Waals surface area contributed by atoms with Gasteiger partial charge in [-0.2, -0.15) is 0 Å². The Hall–Kier alpha value is -2.57. The van der Waals surface area contributed by atoms with E-state index in [2.05, 4.69) is 0 Å². The fraction of sp³-hybridized carbons (Fsp3) is 0.192. The van der Waals surface area contributed by atoms with Crippen LogP contribution in [0.5, 0.6) is 0 Å². The summed E-state index contributed by atoms with van der Waals surface area (Å²) >= 11 is 0. The monoisotopic (exact) mass is 689 g/mol. The molecule has 0 amide bonds. The quantitative estimate of drug-likeness (QED) is 0.298. The SMILES string of the molecule is O=C(OCC1OC(O)C(OC(=O)c2ccccc2)C1OC(=O)c1ccccc1)c1ccccc1.[Ac]. The second kappa shape index (κ2) is 12.9. The van der Waals surface area contributed by atoms with Gasteiger partial charge in [0.2, 0.25) is 0 Å². The predicted octanol–water partition coefficient (Wildman–Crippen LogP) is 3.01. The van der Waals surface area contributed by atoms with E-state index in [1.807, 2.05) is 0 Å². The fourth-order valence-electron chi connectivity index (χ4n) is 3.46. The second-order valence-electron chi connectivity index (χ2n) is 7.50. The minimum absolute atomic E-state index is 0. The van der Waals surface area contributed by atoms with Crippen LogP contribution < -0.4 is 0 Å². The molecule has 4 rings (SSSR count). The first-order chi connectivity index (χ1) is 16.5. The third-order valence-corrected chi connectivity index (χ3v) is 5.18. The first-order valence-corrected chi connectivity index (χ1v) is 10.6. The number of carbonyl (C=O) groups is 3. The van der Waals surface area contributed by atoms with Crippen LogP contribution in [0.25, 0.3) is 0 Å². The number of hydrogen-bond donors (Lipinski definition) is 1. The van der Waals surface area contributed by atoms with Gasteiger partial charge in [-0.3, -0.25) is 0 Å². The van der Waals surface area contributed by atoms with Crippen LogP contribution in [0.1, 0.15) is 31.1 Å². The Bertz CT molecular complexity index is 1120. The molecule has 35 heavy (non-hydrogen) atoms. The molecule has 1 aliphatic rings. The Kier molecular flexibility index (Phi) is 9.99. The van der Waals surface area contributed by atoms with Crippen molar-refractivity contribution in [1.82, 2.24) is 0 Å². The van der Waals surface area contributed by atoms with Gasteiger partial charge in [-0.05, 0) is 36.4 Å². The van der Waals surface area contributed by atoms with Crippen molar-refractivity contribution in [1.29, 1.82) is 0 Å². The Morgan fingerprint density at radius 3 is 1.51 bits per heavy atom. The van der Waals surface area contributed by atoms with E-state index < -0.39 is 42.5 Å². The molecule has 1 saturated heterocycles. The number of aliphatic hydroxyl groups is 1. The molecule has 0 aliphatic carbocycles. The summed E-state index contributed by atoms with van der Waals surface area (Å²) in [5.74, 6) is -2.05. The maximum Gasteiger partial charge on any atom is 0.338 e. The number of carbonyl (C=O) groups excluding carboxylic acids is 3. The molecule has 4 atom stereocenters. The van der Waals surface area contributed by atoms with Crippen molar-refractivity contribution >= 4 is 17.9 Å². The van der Waals surface area contributed by atoms with Crippen molar-refractivity contribution < 1.29 is 82.5 Å². The standard InChI is InChI=1S/C26H22O8.Ac/c27-23(17-10-4-1-5-11-17)31-16-20-21(33-24(28)18-12-6-2-7-13-18)22(26(30)32-20)34-25(29)19-14-8-3-9-15-19;/h1-15,20-22,26,30H,16H2;. The molecule has 8 nitrogen and oxygen atoms in total. The number of ether oxygens (including phenoxy) is 4. The van der Waals surface area contributed by atoms with E-state index in [1.165, 1.54) is 0 Å². The third-order valence-electron chi connectivity index (χ3n) is 5.18. The van der Waals surface area contributed by atoms with Gasteiger partial charge in [-0.1, -0.05) is 54.6 Å². The van der Waals surface area contributed by atoms with Gasteiger partial charge >= 0.3 is 17.9 Å². The van der Waals surface area contributed by atoms with E-state index in [0.717, 1.165) is 0 Å². The zero-order valence-corrected chi connectivity index (χ0v) is 23.3. The van der Waals surface area contributed by atoms with Crippen molar-refractivity contribution in [2.24, 2.45) is 0 Å². The summed E-state index contributed by atoms with van der Waals surface area (Å²) in [6, 6.07) is 24.7. The number of benzene rings is 3. The summed E-state index contributed by atoms with van der Waals surface area (Å²) < 4.78 is 21.8. The van der Waals surface area contributed by atoms with Crippen LogP contribution >= 0.6 is 0 Å². The number of esters is 3. The van der Waals surface area contributed by atoms with Gasteiger partial charge < -0.3 is 24.1 Å². The molecule has 3 aromatic carbocycles. The van der Waals surface area contributed by atoms with Gasteiger partial charge in [0.05, 0.1) is 16.7 Å². The van der Waals surface area contributed by atoms with E-state index in [-0.39, 0.29) is 61.8 Å². The summed E-state index contributed by atoms with van der Waals surface area (Å²) in [5, 5.41) is 10.5. The fourth-order valence-corrected chi connectivity index (χ4v) is 3.46. The van der Waals surface area contributed by atoms with Gasteiger partial charge in [0.25, 0.3) is 0 Å². The van der Waals surface area contributed by atoms with Crippen molar-refractivity contribution in [2.75, 3.05) is 6.61 Å². The molecule has 0 aromatic heterocycles. The van der Waals surface area contributed by atoms with Crippen LogP contribution in [0.4, 0.5) is 0 Å². The first-order valence-electron chi connectivity index (χ1n) is 10.6. The maximum atomic E-state index is 12.7. The second-order valence-corrected chi connectivity index (χ2v) is 7.50. The minimum Gasteiger partial charge on any atom is -0.459 e. The molecule has 177 valence electrons. The molecule has 0 bridgehead atoms. The van der Waals surface area contributed by atoms with Crippen molar-refractivity contribution in [2.45, 2.75) is 24.6 Å². The molecule has 1 aliphatic heterocycles. The Morgan fingerprint density at radius 1 is 0.657 bits per heavy atom. The molecule has 1 N–H and O–H groups in total. The van der Waals surface area contributed by atoms with Crippen LogP contribution in [0.15, 0.2) is 91.0 Å². The first kappa shape index (κ1) is 27.0. The Labute approximate surface area is 237 Å². The van der Waals surface area contributed by atoms with E-state index in [1.54, 1.807) is 91.0 Å². The smallest absolute Gasteiger partial charge is 0.338 e. The maximum absolute atomic E-state index is 12.7. The third kappa shape index (κ3) is 6.99. The molecular formula is C26H22AcO8. The van der Waals surface area contributed by atoms with Crippen LogP contribution in [-0.4, -0.2) is 54.2 Å². The minimum atomic E-state index is -1.60. The average molecular weight is 689 g/mol. The molecule has 4 unspecified atom stereocenters. The number of hydrogen-bond acceptors (Lipinski definition) is 8. The van der Waals surface area contributed by atoms with Gasteiger partial charge in [-0.15, -0.1) is 0 Å². The Morgan fingerprint density at radius 2 is 1.06 bits per heavy atom. The molecule has 3 aromatic rings. The summed E-state index contributed by atoms with van der Waals surface area (Å²) in [4.78, 5) is 37.6. The number of rotatable bonds is 7. The molecule has 9 heteroatoms. The van der Waals surface area contributed by atoms with E-state index in [4.69, 9.17) is 18.9 Å². The molecule has 1 heterocycles. The molecular weight excluding hydrogens is 667 g/mol. The van der Waals surface area contributed by atoms with E-state index in [9.17, 15) is 19.5 Å². The molecule has 0 spiro atoms. The van der Waals surface area contributed by atoms with Gasteiger partial charge in [0, 0.05) is 44.1 Å².